The van der Waals surface area contributed by atoms with Crippen LogP contribution >= 0.6 is 0 Å². The number of unbranched alkanes of at least 4 members (excludes halogenated alkanes) is 2. The van der Waals surface area contributed by atoms with Crippen molar-refractivity contribution in [2.75, 3.05) is 6.61 Å². The number of hydrogen-bond donors (Lipinski definition) is 1. The highest BCUT2D eigenvalue weighted by atomic mass is 16.2. The highest BCUT2D eigenvalue weighted by molar-refractivity contribution is 5.80. The Labute approximate surface area is 81.3 Å². The van der Waals surface area contributed by atoms with Gasteiger partial charge in [0.15, 0.2) is 0 Å². The third kappa shape index (κ3) is 6.76. The van der Waals surface area contributed by atoms with Gasteiger partial charge in [-0.1, -0.05) is 26.7 Å². The summed E-state index contributed by atoms with van der Waals surface area (Å²) >= 11 is 0. The maximum Gasteiger partial charge on any atom is 0.135 e. The van der Waals surface area contributed by atoms with Crippen LogP contribution < -0.4 is 0 Å². The highest BCUT2D eigenvalue weighted by Crippen LogP contribution is 2.12. The molecular weight excluding hydrogens is 164 g/mol. The smallest absolute Gasteiger partial charge is 0.135 e. The third-order valence-corrected chi connectivity index (χ3v) is 2.37. The molecule has 0 aromatic carbocycles. The third-order valence-electron chi connectivity index (χ3n) is 2.37. The molecule has 0 radical (unpaired) electrons. The monoisotopic (exact) mass is 186 g/mol. The summed E-state index contributed by atoms with van der Waals surface area (Å²) in [5, 5.41) is 8.55. The van der Waals surface area contributed by atoms with E-state index in [4.69, 9.17) is 5.11 Å². The first-order valence-corrected chi connectivity index (χ1v) is 5.36. The molecule has 0 saturated carbocycles. The minimum absolute atomic E-state index is 0.205. The van der Waals surface area contributed by atoms with Crippen molar-refractivity contribution in [1.29, 1.82) is 0 Å². The van der Waals surface area contributed by atoms with E-state index in [2.05, 4.69) is 6.92 Å². The lowest BCUT2D eigenvalue weighted by atomic mass is 9.96. The zero-order chi connectivity index (χ0) is 10.1. The minimum atomic E-state index is 0.205. The molecule has 0 saturated heterocycles. The van der Waals surface area contributed by atoms with Gasteiger partial charge in [0.2, 0.25) is 0 Å². The van der Waals surface area contributed by atoms with Crippen molar-refractivity contribution in [3.05, 3.63) is 0 Å². The molecule has 78 valence electrons. The van der Waals surface area contributed by atoms with E-state index in [9.17, 15) is 4.79 Å². The summed E-state index contributed by atoms with van der Waals surface area (Å²) in [6, 6.07) is 0. The van der Waals surface area contributed by atoms with E-state index >= 15 is 0 Å². The standard InChI is InChI=1S/C11H22O2/c1-3-4-7-10(2)11(13)8-5-6-9-12/h10,12H,3-9H2,1-2H3. The average molecular weight is 186 g/mol. The number of Topliss-reactive ketones (excluding diaryl/α,β-unsaturated/α-hetero) is 1. The number of carbonyl (C=O) groups is 1. The molecule has 0 rings (SSSR count). The van der Waals surface area contributed by atoms with Crippen molar-refractivity contribution < 1.29 is 9.90 Å². The van der Waals surface area contributed by atoms with E-state index in [1.165, 1.54) is 0 Å². The fourth-order valence-corrected chi connectivity index (χ4v) is 1.33. The lowest BCUT2D eigenvalue weighted by molar-refractivity contribution is -0.122. The van der Waals surface area contributed by atoms with E-state index < -0.39 is 0 Å². The second-order valence-electron chi connectivity index (χ2n) is 3.69. The lowest BCUT2D eigenvalue weighted by Gasteiger charge is -2.08. The van der Waals surface area contributed by atoms with Crippen LogP contribution in [-0.2, 0) is 4.79 Å². The second kappa shape index (κ2) is 8.24. The van der Waals surface area contributed by atoms with Gasteiger partial charge in [-0.05, 0) is 19.3 Å². The molecule has 0 aromatic rings. The molecule has 0 spiro atoms. The summed E-state index contributed by atoms with van der Waals surface area (Å²) < 4.78 is 0. The molecule has 1 N–H and O–H groups in total. The van der Waals surface area contributed by atoms with Gasteiger partial charge in [-0.2, -0.15) is 0 Å². The molecule has 0 amide bonds. The predicted molar refractivity (Wildman–Crippen MR) is 54.6 cm³/mol. The molecule has 0 bridgehead atoms. The van der Waals surface area contributed by atoms with E-state index in [1.807, 2.05) is 6.92 Å². The van der Waals surface area contributed by atoms with Crippen molar-refractivity contribution in [2.45, 2.75) is 52.4 Å². The average Bonchev–Trinajstić information content (AvgIpc) is 2.14. The Balaban J connectivity index is 3.45. The van der Waals surface area contributed by atoms with Gasteiger partial charge in [-0.25, -0.2) is 0 Å². The maximum atomic E-state index is 11.4. The van der Waals surface area contributed by atoms with Crippen molar-refractivity contribution >= 4 is 5.78 Å². The normalized spacial score (nSPS) is 12.8. The first-order chi connectivity index (χ1) is 6.22. The SMILES string of the molecule is CCCCC(C)C(=O)CCCCO. The summed E-state index contributed by atoms with van der Waals surface area (Å²) in [6.45, 7) is 4.36. The second-order valence-corrected chi connectivity index (χ2v) is 3.69. The van der Waals surface area contributed by atoms with Crippen LogP contribution in [0.2, 0.25) is 0 Å². The first kappa shape index (κ1) is 12.6. The Hall–Kier alpha value is -0.370. The van der Waals surface area contributed by atoms with Gasteiger partial charge in [0.1, 0.15) is 5.78 Å². The van der Waals surface area contributed by atoms with Gasteiger partial charge < -0.3 is 5.11 Å². The maximum absolute atomic E-state index is 11.4. The van der Waals surface area contributed by atoms with Gasteiger partial charge in [0.05, 0.1) is 0 Å². The highest BCUT2D eigenvalue weighted by Gasteiger charge is 2.10. The summed E-state index contributed by atoms with van der Waals surface area (Å²) in [7, 11) is 0. The lowest BCUT2D eigenvalue weighted by Crippen LogP contribution is -2.10. The van der Waals surface area contributed by atoms with Crippen LogP contribution in [0.25, 0.3) is 0 Å². The summed E-state index contributed by atoms with van der Waals surface area (Å²) in [6.07, 6.45) is 5.57. The van der Waals surface area contributed by atoms with Crippen LogP contribution in [0, 0.1) is 5.92 Å². The molecule has 0 fully saturated rings. The van der Waals surface area contributed by atoms with Gasteiger partial charge in [-0.15, -0.1) is 0 Å². The number of aliphatic hydroxyl groups is 1. The van der Waals surface area contributed by atoms with E-state index in [0.717, 1.165) is 32.1 Å². The number of carbonyl (C=O) groups excluding carboxylic acids is 1. The fraction of sp³-hybridized carbons (Fsp3) is 0.909. The van der Waals surface area contributed by atoms with Crippen LogP contribution in [0.5, 0.6) is 0 Å². The molecule has 0 aliphatic rings. The molecule has 0 heterocycles. The number of ketones is 1. The van der Waals surface area contributed by atoms with Gasteiger partial charge in [0, 0.05) is 18.9 Å². The minimum Gasteiger partial charge on any atom is -0.396 e. The van der Waals surface area contributed by atoms with Crippen LogP contribution in [-0.4, -0.2) is 17.5 Å². The van der Waals surface area contributed by atoms with E-state index in [0.29, 0.717) is 12.2 Å². The molecule has 2 heteroatoms. The Morgan fingerprint density at radius 1 is 1.31 bits per heavy atom. The zero-order valence-corrected chi connectivity index (χ0v) is 8.88. The Morgan fingerprint density at radius 2 is 2.00 bits per heavy atom. The topological polar surface area (TPSA) is 37.3 Å². The fourth-order valence-electron chi connectivity index (χ4n) is 1.33. The van der Waals surface area contributed by atoms with E-state index in [-0.39, 0.29) is 12.5 Å². The van der Waals surface area contributed by atoms with Crippen LogP contribution in [0.1, 0.15) is 52.4 Å². The zero-order valence-electron chi connectivity index (χ0n) is 8.88. The van der Waals surface area contributed by atoms with Crippen LogP contribution in [0.4, 0.5) is 0 Å². The molecule has 2 nitrogen and oxygen atoms in total. The largest absolute Gasteiger partial charge is 0.396 e. The molecule has 0 aliphatic heterocycles. The van der Waals surface area contributed by atoms with E-state index in [1.54, 1.807) is 0 Å². The van der Waals surface area contributed by atoms with Crippen LogP contribution in [0.3, 0.4) is 0 Å². The predicted octanol–water partition coefficient (Wildman–Crippen LogP) is 2.54. The summed E-state index contributed by atoms with van der Waals surface area (Å²) in [5.74, 6) is 0.584. The van der Waals surface area contributed by atoms with Crippen molar-refractivity contribution in [3.8, 4) is 0 Å². The molecule has 1 unspecified atom stereocenters. The number of aliphatic hydroxyl groups excluding tert-OH is 1. The van der Waals surface area contributed by atoms with Crippen molar-refractivity contribution in [2.24, 2.45) is 5.92 Å². The quantitative estimate of drug-likeness (QED) is 0.591. The van der Waals surface area contributed by atoms with Crippen molar-refractivity contribution in [3.63, 3.8) is 0 Å². The van der Waals surface area contributed by atoms with Crippen molar-refractivity contribution in [1.82, 2.24) is 0 Å². The molecule has 0 aromatic heterocycles. The number of hydrogen-bond acceptors (Lipinski definition) is 2. The summed E-state index contributed by atoms with van der Waals surface area (Å²) in [5.41, 5.74) is 0. The molecule has 0 aliphatic carbocycles. The number of rotatable bonds is 8. The van der Waals surface area contributed by atoms with Gasteiger partial charge >= 0.3 is 0 Å². The molecule has 13 heavy (non-hydrogen) atoms. The Morgan fingerprint density at radius 3 is 2.54 bits per heavy atom. The molecule has 1 atom stereocenters. The summed E-state index contributed by atoms with van der Waals surface area (Å²) in [4.78, 5) is 11.4. The Bertz CT molecular complexity index is 132. The molecular formula is C11H22O2. The Kier molecular flexibility index (Phi) is 8.00. The van der Waals surface area contributed by atoms with Gasteiger partial charge in [0.25, 0.3) is 0 Å². The first-order valence-electron chi connectivity index (χ1n) is 5.36. The van der Waals surface area contributed by atoms with Gasteiger partial charge in [-0.3, -0.25) is 4.79 Å². The van der Waals surface area contributed by atoms with Crippen LogP contribution in [0.15, 0.2) is 0 Å².